The molecule has 2 rings (SSSR count). The van der Waals surface area contributed by atoms with Gasteiger partial charge in [-0.3, -0.25) is 0 Å². The number of rotatable bonds is 7. The van der Waals surface area contributed by atoms with Crippen LogP contribution in [0.4, 0.5) is 0 Å². The van der Waals surface area contributed by atoms with Gasteiger partial charge in [-0.25, -0.2) is 0 Å². The van der Waals surface area contributed by atoms with Gasteiger partial charge in [-0.15, -0.1) is 0 Å². The Morgan fingerprint density at radius 3 is 2.79 bits per heavy atom. The van der Waals surface area contributed by atoms with Gasteiger partial charge < -0.3 is 15.2 Å². The third-order valence-electron chi connectivity index (χ3n) is 3.09. The second kappa shape index (κ2) is 4.60. The van der Waals surface area contributed by atoms with Crippen molar-refractivity contribution in [1.29, 1.82) is 0 Å². The van der Waals surface area contributed by atoms with Gasteiger partial charge in [0, 0.05) is 19.2 Å². The predicted octanol–water partition coefficient (Wildman–Crippen LogP) is 0.772. The Labute approximate surface area is 85.8 Å². The van der Waals surface area contributed by atoms with E-state index in [1.165, 1.54) is 19.3 Å². The molecule has 0 bridgehead atoms. The molecular formula is C11H21NO2. The van der Waals surface area contributed by atoms with Gasteiger partial charge in [0.1, 0.15) is 0 Å². The van der Waals surface area contributed by atoms with Crippen molar-refractivity contribution in [1.82, 2.24) is 5.32 Å². The largest absolute Gasteiger partial charge is 0.389 e. The summed E-state index contributed by atoms with van der Waals surface area (Å²) in [5, 5.41) is 12.9. The van der Waals surface area contributed by atoms with E-state index in [1.807, 2.05) is 0 Å². The summed E-state index contributed by atoms with van der Waals surface area (Å²) in [5.74, 6) is 1.59. The Morgan fingerprint density at radius 2 is 2.21 bits per heavy atom. The zero-order valence-corrected chi connectivity index (χ0v) is 8.91. The van der Waals surface area contributed by atoms with Crippen LogP contribution in [0.5, 0.6) is 0 Å². The van der Waals surface area contributed by atoms with Crippen molar-refractivity contribution < 1.29 is 9.84 Å². The summed E-state index contributed by atoms with van der Waals surface area (Å²) < 4.78 is 5.41. The Kier molecular flexibility index (Phi) is 3.42. The van der Waals surface area contributed by atoms with Crippen molar-refractivity contribution in [3.63, 3.8) is 0 Å². The Morgan fingerprint density at radius 1 is 1.50 bits per heavy atom. The smallest absolute Gasteiger partial charge is 0.0897 e. The van der Waals surface area contributed by atoms with Gasteiger partial charge in [0.15, 0.2) is 0 Å². The summed E-state index contributed by atoms with van der Waals surface area (Å²) in [6.07, 6.45) is 3.55. The summed E-state index contributed by atoms with van der Waals surface area (Å²) in [6.45, 7) is 4.24. The molecule has 0 aromatic carbocycles. The molecule has 0 saturated heterocycles. The van der Waals surface area contributed by atoms with E-state index in [2.05, 4.69) is 12.2 Å². The minimum Gasteiger partial charge on any atom is -0.389 e. The Bertz CT molecular complexity index is 182. The van der Waals surface area contributed by atoms with E-state index >= 15 is 0 Å². The molecule has 82 valence electrons. The highest BCUT2D eigenvalue weighted by atomic mass is 16.5. The van der Waals surface area contributed by atoms with E-state index in [4.69, 9.17) is 4.74 Å². The number of hydrogen-bond acceptors (Lipinski definition) is 3. The molecule has 0 spiro atoms. The Balaban J connectivity index is 1.43. The molecule has 3 unspecified atom stereocenters. The lowest BCUT2D eigenvalue weighted by atomic mass is 10.3. The Hall–Kier alpha value is -0.120. The first-order valence-corrected chi connectivity index (χ1v) is 5.75. The molecule has 2 saturated carbocycles. The topological polar surface area (TPSA) is 41.5 Å². The molecule has 0 aliphatic heterocycles. The normalized spacial score (nSPS) is 33.0. The van der Waals surface area contributed by atoms with Crippen LogP contribution in [0.2, 0.25) is 0 Å². The maximum absolute atomic E-state index is 9.56. The number of ether oxygens (including phenoxy) is 1. The van der Waals surface area contributed by atoms with Crippen LogP contribution in [0.15, 0.2) is 0 Å². The number of aliphatic hydroxyl groups excluding tert-OH is 1. The molecule has 2 fully saturated rings. The van der Waals surface area contributed by atoms with Gasteiger partial charge in [-0.2, -0.15) is 0 Å². The molecule has 2 aliphatic rings. The van der Waals surface area contributed by atoms with Crippen molar-refractivity contribution >= 4 is 0 Å². The quantitative estimate of drug-likeness (QED) is 0.636. The van der Waals surface area contributed by atoms with Crippen LogP contribution in [0, 0.1) is 11.8 Å². The highest BCUT2D eigenvalue weighted by Gasteiger charge is 2.32. The molecule has 2 aliphatic carbocycles. The third kappa shape index (κ3) is 3.56. The first kappa shape index (κ1) is 10.4. The summed E-state index contributed by atoms with van der Waals surface area (Å²) in [5.41, 5.74) is 0. The highest BCUT2D eigenvalue weighted by Crippen LogP contribution is 2.29. The molecular weight excluding hydrogens is 178 g/mol. The molecule has 2 N–H and O–H groups in total. The second-order valence-electron chi connectivity index (χ2n) is 4.86. The van der Waals surface area contributed by atoms with Crippen LogP contribution < -0.4 is 5.32 Å². The van der Waals surface area contributed by atoms with Gasteiger partial charge in [-0.1, -0.05) is 6.92 Å². The molecule has 0 heterocycles. The van der Waals surface area contributed by atoms with Crippen molar-refractivity contribution in [2.45, 2.75) is 38.3 Å². The molecule has 3 atom stereocenters. The molecule has 0 amide bonds. The monoisotopic (exact) mass is 199 g/mol. The maximum Gasteiger partial charge on any atom is 0.0897 e. The lowest BCUT2D eigenvalue weighted by Gasteiger charge is -2.11. The van der Waals surface area contributed by atoms with Crippen molar-refractivity contribution in [3.05, 3.63) is 0 Å². The van der Waals surface area contributed by atoms with E-state index in [-0.39, 0.29) is 6.10 Å². The fourth-order valence-electron chi connectivity index (χ4n) is 1.61. The van der Waals surface area contributed by atoms with Gasteiger partial charge in [-0.05, 0) is 31.1 Å². The van der Waals surface area contributed by atoms with Crippen molar-refractivity contribution in [2.75, 3.05) is 19.8 Å². The average molecular weight is 199 g/mol. The predicted molar refractivity (Wildman–Crippen MR) is 55.1 cm³/mol. The van der Waals surface area contributed by atoms with E-state index in [0.717, 1.165) is 18.4 Å². The lowest BCUT2D eigenvalue weighted by molar-refractivity contribution is 0.0323. The first-order valence-electron chi connectivity index (χ1n) is 5.75. The fraction of sp³-hybridized carbons (Fsp3) is 1.00. The molecule has 3 heteroatoms. The maximum atomic E-state index is 9.56. The van der Waals surface area contributed by atoms with Crippen LogP contribution in [-0.4, -0.2) is 37.0 Å². The average Bonchev–Trinajstić information content (AvgIpc) is 3.01. The van der Waals surface area contributed by atoms with Crippen molar-refractivity contribution in [2.24, 2.45) is 11.8 Å². The zero-order valence-electron chi connectivity index (χ0n) is 8.91. The van der Waals surface area contributed by atoms with Gasteiger partial charge >= 0.3 is 0 Å². The van der Waals surface area contributed by atoms with Crippen LogP contribution in [0.1, 0.15) is 26.2 Å². The van der Waals surface area contributed by atoms with Crippen LogP contribution in [0.25, 0.3) is 0 Å². The van der Waals surface area contributed by atoms with Crippen molar-refractivity contribution in [3.8, 4) is 0 Å². The van der Waals surface area contributed by atoms with Crippen LogP contribution >= 0.6 is 0 Å². The summed E-state index contributed by atoms with van der Waals surface area (Å²) in [4.78, 5) is 0. The molecule has 0 radical (unpaired) electrons. The SMILES string of the molecule is CC1CC1NCC(O)COCC1CC1. The van der Waals surface area contributed by atoms with Gasteiger partial charge in [0.05, 0.1) is 12.7 Å². The van der Waals surface area contributed by atoms with E-state index < -0.39 is 0 Å². The fourth-order valence-corrected chi connectivity index (χ4v) is 1.61. The molecule has 0 aromatic heterocycles. The first-order chi connectivity index (χ1) is 6.75. The van der Waals surface area contributed by atoms with Crippen LogP contribution in [-0.2, 0) is 4.74 Å². The second-order valence-corrected chi connectivity index (χ2v) is 4.86. The summed E-state index contributed by atoms with van der Waals surface area (Å²) in [7, 11) is 0. The lowest BCUT2D eigenvalue weighted by Crippen LogP contribution is -2.32. The van der Waals surface area contributed by atoms with E-state index in [0.29, 0.717) is 19.2 Å². The highest BCUT2D eigenvalue weighted by molar-refractivity contribution is 4.89. The molecule has 3 nitrogen and oxygen atoms in total. The van der Waals surface area contributed by atoms with Gasteiger partial charge in [0.25, 0.3) is 0 Å². The number of hydrogen-bond donors (Lipinski definition) is 2. The van der Waals surface area contributed by atoms with E-state index in [1.54, 1.807) is 0 Å². The third-order valence-corrected chi connectivity index (χ3v) is 3.09. The van der Waals surface area contributed by atoms with E-state index in [9.17, 15) is 5.11 Å². The minimum absolute atomic E-state index is 0.332. The summed E-state index contributed by atoms with van der Waals surface area (Å²) in [6, 6.07) is 0.646. The number of nitrogens with one attached hydrogen (secondary N) is 1. The minimum atomic E-state index is -0.332. The molecule has 14 heavy (non-hydrogen) atoms. The molecule has 0 aromatic rings. The zero-order chi connectivity index (χ0) is 9.97. The summed E-state index contributed by atoms with van der Waals surface area (Å²) >= 11 is 0. The van der Waals surface area contributed by atoms with Gasteiger partial charge in [0.2, 0.25) is 0 Å². The van der Waals surface area contributed by atoms with Crippen LogP contribution in [0.3, 0.4) is 0 Å². The standard InChI is InChI=1S/C11H21NO2/c1-8-4-11(8)12-5-10(13)7-14-6-9-2-3-9/h8-13H,2-7H2,1H3. The number of aliphatic hydroxyl groups is 1.